The smallest absolute Gasteiger partial charge is 0.319 e. The van der Waals surface area contributed by atoms with Gasteiger partial charge in [-0.15, -0.1) is 0 Å². The Bertz CT molecular complexity index is 490. The first-order chi connectivity index (χ1) is 10.0. The molecule has 1 rings (SSSR count). The van der Waals surface area contributed by atoms with Gasteiger partial charge in [-0.3, -0.25) is 9.59 Å². The number of likely N-dealkylation sites (N-methyl/N-ethyl adjacent to an activating group) is 1. The fourth-order valence-corrected chi connectivity index (χ4v) is 1.65. The molecule has 0 heterocycles. The van der Waals surface area contributed by atoms with Gasteiger partial charge >= 0.3 is 12.0 Å². The highest BCUT2D eigenvalue weighted by Gasteiger charge is 2.13. The Hall–Kier alpha value is -2.57. The maximum Gasteiger partial charge on any atom is 0.319 e. The highest BCUT2D eigenvalue weighted by Crippen LogP contribution is 2.04. The molecule has 0 aliphatic carbocycles. The second-order valence-electron chi connectivity index (χ2n) is 4.29. The highest BCUT2D eigenvalue weighted by molar-refractivity contribution is 5.92. The Morgan fingerprint density at radius 1 is 1.19 bits per heavy atom. The Morgan fingerprint density at radius 3 is 2.43 bits per heavy atom. The number of benzene rings is 1. The molecule has 0 aliphatic heterocycles. The van der Waals surface area contributed by atoms with E-state index in [1.807, 2.05) is 6.07 Å². The number of amides is 3. The summed E-state index contributed by atoms with van der Waals surface area (Å²) in [6.07, 6.45) is -0.115. The molecule has 0 saturated heterocycles. The summed E-state index contributed by atoms with van der Waals surface area (Å²) >= 11 is 0. The molecule has 3 N–H and O–H groups in total. The van der Waals surface area contributed by atoms with E-state index >= 15 is 0 Å². The van der Waals surface area contributed by atoms with Gasteiger partial charge in [0.15, 0.2) is 0 Å². The van der Waals surface area contributed by atoms with Gasteiger partial charge in [0.25, 0.3) is 0 Å². The van der Waals surface area contributed by atoms with Crippen LogP contribution in [0.25, 0.3) is 0 Å². The van der Waals surface area contributed by atoms with Crippen molar-refractivity contribution < 1.29 is 19.5 Å². The molecule has 0 radical (unpaired) electrons. The second kappa shape index (κ2) is 8.57. The molecule has 1 aromatic rings. The molecule has 0 unspecified atom stereocenters. The molecule has 7 heteroatoms. The predicted octanol–water partition coefficient (Wildman–Crippen LogP) is 1.13. The number of carbonyl (C=O) groups is 3. The number of carboxylic acids is 1. The number of anilines is 1. The molecule has 1 aromatic carbocycles. The molecular formula is C14H19N3O4. The fourth-order valence-electron chi connectivity index (χ4n) is 1.65. The van der Waals surface area contributed by atoms with E-state index in [-0.39, 0.29) is 25.4 Å². The van der Waals surface area contributed by atoms with Crippen molar-refractivity contribution in [3.63, 3.8) is 0 Å². The lowest BCUT2D eigenvalue weighted by Crippen LogP contribution is -2.42. The Labute approximate surface area is 122 Å². The average Bonchev–Trinajstić information content (AvgIpc) is 2.46. The molecule has 0 saturated carbocycles. The van der Waals surface area contributed by atoms with Crippen molar-refractivity contribution in [3.05, 3.63) is 30.3 Å². The van der Waals surface area contributed by atoms with Gasteiger partial charge < -0.3 is 20.6 Å². The third-order valence-electron chi connectivity index (χ3n) is 2.76. The summed E-state index contributed by atoms with van der Waals surface area (Å²) in [6, 6.07) is 8.37. The molecule has 7 nitrogen and oxygen atoms in total. The fraction of sp³-hybridized carbons (Fsp3) is 0.357. The number of nitrogens with zero attached hydrogens (tertiary/aromatic N) is 1. The number of para-hydroxylation sites is 1. The zero-order valence-corrected chi connectivity index (χ0v) is 11.8. The number of rotatable bonds is 7. The van der Waals surface area contributed by atoms with E-state index in [9.17, 15) is 14.4 Å². The van der Waals surface area contributed by atoms with Crippen molar-refractivity contribution in [2.45, 2.75) is 13.3 Å². The van der Waals surface area contributed by atoms with Crippen LogP contribution in [-0.4, -0.2) is 47.5 Å². The van der Waals surface area contributed by atoms with E-state index in [0.29, 0.717) is 12.2 Å². The van der Waals surface area contributed by atoms with Crippen LogP contribution in [-0.2, 0) is 9.59 Å². The Balaban J connectivity index is 2.37. The van der Waals surface area contributed by atoms with E-state index in [4.69, 9.17) is 5.11 Å². The largest absolute Gasteiger partial charge is 0.481 e. The molecule has 114 valence electrons. The Morgan fingerprint density at radius 2 is 1.86 bits per heavy atom. The van der Waals surface area contributed by atoms with Crippen molar-refractivity contribution in [1.82, 2.24) is 10.2 Å². The molecule has 0 aliphatic rings. The lowest BCUT2D eigenvalue weighted by Gasteiger charge is -2.20. The summed E-state index contributed by atoms with van der Waals surface area (Å²) in [5, 5.41) is 13.6. The number of hydrogen-bond donors (Lipinski definition) is 3. The number of urea groups is 1. The average molecular weight is 293 g/mol. The van der Waals surface area contributed by atoms with Gasteiger partial charge in [-0.25, -0.2) is 4.79 Å². The van der Waals surface area contributed by atoms with Crippen molar-refractivity contribution in [1.29, 1.82) is 0 Å². The Kier molecular flexibility index (Phi) is 6.73. The lowest BCUT2D eigenvalue weighted by atomic mass is 10.3. The summed E-state index contributed by atoms with van der Waals surface area (Å²) in [7, 11) is 0. The molecule has 0 bridgehead atoms. The number of nitrogens with one attached hydrogen (secondary N) is 2. The minimum atomic E-state index is -0.962. The van der Waals surface area contributed by atoms with Gasteiger partial charge in [0.05, 0.1) is 13.0 Å². The van der Waals surface area contributed by atoms with E-state index in [2.05, 4.69) is 10.6 Å². The molecule has 3 amide bonds. The van der Waals surface area contributed by atoms with Crippen LogP contribution in [0.4, 0.5) is 10.5 Å². The summed E-state index contributed by atoms with van der Waals surface area (Å²) in [4.78, 5) is 35.3. The van der Waals surface area contributed by atoms with Crippen LogP contribution in [0.2, 0.25) is 0 Å². The first-order valence-electron chi connectivity index (χ1n) is 6.62. The maximum absolute atomic E-state index is 11.8. The number of aliphatic carboxylic acids is 1. The maximum atomic E-state index is 11.8. The standard InChI is InChI=1S/C14H19N3O4/c1-2-17(9-8-13(19)20)12(18)10-15-14(21)16-11-6-4-3-5-7-11/h3-7H,2,8-10H2,1H3,(H,19,20)(H2,15,16,21). The predicted molar refractivity (Wildman–Crippen MR) is 78.0 cm³/mol. The van der Waals surface area contributed by atoms with Gasteiger partial charge in [0.2, 0.25) is 5.91 Å². The van der Waals surface area contributed by atoms with Gasteiger partial charge in [-0.2, -0.15) is 0 Å². The van der Waals surface area contributed by atoms with Gasteiger partial charge in [-0.05, 0) is 19.1 Å². The molecule has 21 heavy (non-hydrogen) atoms. The van der Waals surface area contributed by atoms with Crippen molar-refractivity contribution in [2.75, 3.05) is 25.0 Å². The van der Waals surface area contributed by atoms with Crippen LogP contribution in [0, 0.1) is 0 Å². The van der Waals surface area contributed by atoms with Gasteiger partial charge in [-0.1, -0.05) is 18.2 Å². The molecule has 0 fully saturated rings. The molecule has 0 aromatic heterocycles. The van der Waals surface area contributed by atoms with E-state index in [1.54, 1.807) is 31.2 Å². The van der Waals surface area contributed by atoms with Crippen LogP contribution in [0.3, 0.4) is 0 Å². The van der Waals surface area contributed by atoms with Crippen LogP contribution < -0.4 is 10.6 Å². The van der Waals surface area contributed by atoms with Crippen LogP contribution in [0.1, 0.15) is 13.3 Å². The minimum absolute atomic E-state index is 0.115. The summed E-state index contributed by atoms with van der Waals surface area (Å²) in [6.45, 7) is 2.11. The monoisotopic (exact) mass is 293 g/mol. The van der Waals surface area contributed by atoms with Crippen molar-refractivity contribution >= 4 is 23.6 Å². The number of carbonyl (C=O) groups excluding carboxylic acids is 2. The highest BCUT2D eigenvalue weighted by atomic mass is 16.4. The second-order valence-corrected chi connectivity index (χ2v) is 4.29. The van der Waals surface area contributed by atoms with Crippen molar-refractivity contribution in [3.8, 4) is 0 Å². The first-order valence-corrected chi connectivity index (χ1v) is 6.62. The SMILES string of the molecule is CCN(CCC(=O)O)C(=O)CNC(=O)Nc1ccccc1. The lowest BCUT2D eigenvalue weighted by molar-refractivity contribution is -0.138. The van der Waals surface area contributed by atoms with Crippen molar-refractivity contribution in [2.24, 2.45) is 0 Å². The van der Waals surface area contributed by atoms with E-state index < -0.39 is 12.0 Å². The summed E-state index contributed by atoms with van der Waals surface area (Å²) in [5.41, 5.74) is 0.626. The zero-order valence-electron chi connectivity index (χ0n) is 11.8. The zero-order chi connectivity index (χ0) is 15.7. The minimum Gasteiger partial charge on any atom is -0.481 e. The molecular weight excluding hydrogens is 274 g/mol. The molecule has 0 atom stereocenters. The third kappa shape index (κ3) is 6.42. The van der Waals surface area contributed by atoms with E-state index in [1.165, 1.54) is 4.90 Å². The van der Waals surface area contributed by atoms with Crippen LogP contribution >= 0.6 is 0 Å². The number of carboxylic acid groups (broad SMARTS) is 1. The normalized spacial score (nSPS) is 9.76. The van der Waals surface area contributed by atoms with E-state index in [0.717, 1.165) is 0 Å². The summed E-state index contributed by atoms with van der Waals surface area (Å²) in [5.74, 6) is -1.28. The first kappa shape index (κ1) is 16.5. The van der Waals surface area contributed by atoms with Crippen LogP contribution in [0.15, 0.2) is 30.3 Å². The molecule has 0 spiro atoms. The topological polar surface area (TPSA) is 98.7 Å². The van der Waals surface area contributed by atoms with Gasteiger partial charge in [0.1, 0.15) is 0 Å². The number of hydrogen-bond acceptors (Lipinski definition) is 3. The third-order valence-corrected chi connectivity index (χ3v) is 2.76. The summed E-state index contributed by atoms with van der Waals surface area (Å²) < 4.78 is 0. The van der Waals surface area contributed by atoms with Gasteiger partial charge in [0, 0.05) is 18.8 Å². The van der Waals surface area contributed by atoms with Crippen LogP contribution in [0.5, 0.6) is 0 Å². The quantitative estimate of drug-likeness (QED) is 0.701.